The van der Waals surface area contributed by atoms with Crippen LogP contribution < -0.4 is 0 Å². The van der Waals surface area contributed by atoms with E-state index in [9.17, 15) is 4.79 Å². The van der Waals surface area contributed by atoms with Crippen molar-refractivity contribution < 1.29 is 14.3 Å². The number of aromatic nitrogens is 2. The van der Waals surface area contributed by atoms with Crippen molar-refractivity contribution in [2.45, 2.75) is 20.5 Å². The largest absolute Gasteiger partial charge is 0.464 e. The van der Waals surface area contributed by atoms with Crippen LogP contribution in [0, 0.1) is 6.92 Å². The third-order valence-corrected chi connectivity index (χ3v) is 3.90. The Kier molecular flexibility index (Phi) is 5.67. The highest BCUT2D eigenvalue weighted by Crippen LogP contribution is 2.29. The lowest BCUT2D eigenvalue weighted by Gasteiger charge is -2.01. The zero-order chi connectivity index (χ0) is 15.2. The number of aryl methyl sites for hydroxylation is 1. The summed E-state index contributed by atoms with van der Waals surface area (Å²) in [6, 6.07) is 5.46. The molecule has 7 heteroatoms. The van der Waals surface area contributed by atoms with Gasteiger partial charge in [-0.15, -0.1) is 11.3 Å². The Bertz CT molecular complexity index is 630. The van der Waals surface area contributed by atoms with Gasteiger partial charge in [0, 0.05) is 0 Å². The van der Waals surface area contributed by atoms with E-state index in [2.05, 4.69) is 9.97 Å². The number of halogens is 1. The van der Waals surface area contributed by atoms with Gasteiger partial charge in [0.2, 0.25) is 0 Å². The topological polar surface area (TPSA) is 61.3 Å². The zero-order valence-electron chi connectivity index (χ0n) is 11.8. The number of hydrogen-bond donors (Lipinski definition) is 0. The van der Waals surface area contributed by atoms with Crippen LogP contribution in [0.2, 0.25) is 5.15 Å². The molecule has 0 spiro atoms. The molecule has 0 aliphatic carbocycles. The van der Waals surface area contributed by atoms with E-state index in [0.717, 1.165) is 21.3 Å². The number of pyridine rings is 1. The van der Waals surface area contributed by atoms with Gasteiger partial charge in [0.25, 0.3) is 0 Å². The molecule has 0 saturated carbocycles. The molecule has 21 heavy (non-hydrogen) atoms. The van der Waals surface area contributed by atoms with Crippen molar-refractivity contribution in [3.63, 3.8) is 0 Å². The van der Waals surface area contributed by atoms with Crippen molar-refractivity contribution in [1.29, 1.82) is 0 Å². The number of nitrogens with zero attached hydrogens (tertiary/aromatic N) is 2. The first kappa shape index (κ1) is 15.9. The van der Waals surface area contributed by atoms with Gasteiger partial charge >= 0.3 is 5.97 Å². The van der Waals surface area contributed by atoms with Crippen molar-refractivity contribution in [3.8, 4) is 10.6 Å². The minimum Gasteiger partial charge on any atom is -0.464 e. The van der Waals surface area contributed by atoms with E-state index in [1.807, 2.05) is 19.1 Å². The number of hydrogen-bond acceptors (Lipinski definition) is 6. The average molecular weight is 327 g/mol. The molecule has 2 aromatic heterocycles. The summed E-state index contributed by atoms with van der Waals surface area (Å²) in [7, 11) is 0. The SMILES string of the molecule is CCOC(=O)COCc1nc(C)c(-c2cccc(Cl)n2)s1. The average Bonchev–Trinajstić information content (AvgIpc) is 2.80. The summed E-state index contributed by atoms with van der Waals surface area (Å²) >= 11 is 7.38. The maximum atomic E-state index is 11.2. The molecule has 0 atom stereocenters. The van der Waals surface area contributed by atoms with Gasteiger partial charge in [0.1, 0.15) is 16.8 Å². The van der Waals surface area contributed by atoms with Crippen LogP contribution in [-0.2, 0) is 20.9 Å². The highest BCUT2D eigenvalue weighted by atomic mass is 35.5. The standard InChI is InChI=1S/C14H15ClN2O3S/c1-3-20-13(18)8-19-7-12-16-9(2)14(21-12)10-5-4-6-11(15)17-10/h4-6H,3,7-8H2,1-2H3. The van der Waals surface area contributed by atoms with Gasteiger partial charge in [-0.05, 0) is 26.0 Å². The van der Waals surface area contributed by atoms with Gasteiger partial charge in [-0.25, -0.2) is 14.8 Å². The van der Waals surface area contributed by atoms with Gasteiger partial charge in [0.05, 0.1) is 29.5 Å². The second-order valence-corrected chi connectivity index (χ2v) is 5.64. The van der Waals surface area contributed by atoms with Gasteiger partial charge in [-0.3, -0.25) is 0 Å². The van der Waals surface area contributed by atoms with Crippen LogP contribution in [0.5, 0.6) is 0 Å². The number of thiazole rings is 1. The Morgan fingerprint density at radius 3 is 2.90 bits per heavy atom. The van der Waals surface area contributed by atoms with Gasteiger partial charge in [-0.1, -0.05) is 17.7 Å². The number of carbonyl (C=O) groups excluding carboxylic acids is 1. The Hall–Kier alpha value is -1.50. The van der Waals surface area contributed by atoms with E-state index in [0.29, 0.717) is 11.8 Å². The van der Waals surface area contributed by atoms with Crippen LogP contribution in [0.3, 0.4) is 0 Å². The van der Waals surface area contributed by atoms with E-state index < -0.39 is 0 Å². The van der Waals surface area contributed by atoms with E-state index in [-0.39, 0.29) is 19.2 Å². The molecule has 0 aliphatic rings. The minimum absolute atomic E-state index is 0.0722. The fourth-order valence-corrected chi connectivity index (χ4v) is 2.85. The molecule has 2 heterocycles. The summed E-state index contributed by atoms with van der Waals surface area (Å²) < 4.78 is 10.1. The van der Waals surface area contributed by atoms with Crippen LogP contribution in [0.15, 0.2) is 18.2 Å². The second kappa shape index (κ2) is 7.49. The van der Waals surface area contributed by atoms with Crippen molar-refractivity contribution in [1.82, 2.24) is 9.97 Å². The Morgan fingerprint density at radius 1 is 1.38 bits per heavy atom. The van der Waals surface area contributed by atoms with Crippen LogP contribution in [0.4, 0.5) is 0 Å². The summed E-state index contributed by atoms with van der Waals surface area (Å²) in [5, 5.41) is 1.23. The molecule has 0 saturated heterocycles. The first-order chi connectivity index (χ1) is 10.1. The molecule has 2 aromatic rings. The maximum Gasteiger partial charge on any atom is 0.332 e. The lowest BCUT2D eigenvalue weighted by molar-refractivity contribution is -0.148. The van der Waals surface area contributed by atoms with Crippen molar-refractivity contribution >= 4 is 28.9 Å². The fourth-order valence-electron chi connectivity index (χ4n) is 1.71. The molecule has 2 rings (SSSR count). The molecule has 0 radical (unpaired) electrons. The highest BCUT2D eigenvalue weighted by Gasteiger charge is 2.12. The normalized spacial score (nSPS) is 10.6. The molecule has 112 valence electrons. The molecule has 0 unspecified atom stereocenters. The molecular formula is C14H15ClN2O3S. The fraction of sp³-hybridized carbons (Fsp3) is 0.357. The summed E-state index contributed by atoms with van der Waals surface area (Å²) in [6.07, 6.45) is 0. The molecule has 0 amide bonds. The van der Waals surface area contributed by atoms with E-state index in [1.165, 1.54) is 11.3 Å². The van der Waals surface area contributed by atoms with Gasteiger partial charge in [-0.2, -0.15) is 0 Å². The number of rotatable bonds is 6. The van der Waals surface area contributed by atoms with E-state index in [1.54, 1.807) is 13.0 Å². The molecular weight excluding hydrogens is 312 g/mol. The van der Waals surface area contributed by atoms with Crippen LogP contribution in [0.1, 0.15) is 17.6 Å². The van der Waals surface area contributed by atoms with Gasteiger partial charge < -0.3 is 9.47 Å². The molecule has 0 bridgehead atoms. The Morgan fingerprint density at radius 2 is 2.19 bits per heavy atom. The number of esters is 1. The van der Waals surface area contributed by atoms with Crippen molar-refractivity contribution in [2.75, 3.05) is 13.2 Å². The third kappa shape index (κ3) is 4.49. The lowest BCUT2D eigenvalue weighted by Crippen LogP contribution is -2.12. The Labute approximate surface area is 131 Å². The Balaban J connectivity index is 2.01. The smallest absolute Gasteiger partial charge is 0.332 e. The van der Waals surface area contributed by atoms with E-state index >= 15 is 0 Å². The molecule has 0 fully saturated rings. The number of ether oxygens (including phenoxy) is 2. The monoisotopic (exact) mass is 326 g/mol. The summed E-state index contributed by atoms with van der Waals surface area (Å²) in [5.74, 6) is -0.373. The highest BCUT2D eigenvalue weighted by molar-refractivity contribution is 7.15. The van der Waals surface area contributed by atoms with Crippen LogP contribution in [0.25, 0.3) is 10.6 Å². The molecule has 0 aromatic carbocycles. The summed E-state index contributed by atoms with van der Waals surface area (Å²) in [6.45, 7) is 4.21. The first-order valence-corrected chi connectivity index (χ1v) is 7.62. The summed E-state index contributed by atoms with van der Waals surface area (Å²) in [5.41, 5.74) is 1.65. The van der Waals surface area contributed by atoms with Gasteiger partial charge in [0.15, 0.2) is 0 Å². The number of carbonyl (C=O) groups is 1. The van der Waals surface area contributed by atoms with E-state index in [4.69, 9.17) is 21.1 Å². The lowest BCUT2D eigenvalue weighted by atomic mass is 10.3. The predicted octanol–water partition coefficient (Wildman–Crippen LogP) is 3.25. The van der Waals surface area contributed by atoms with Crippen molar-refractivity contribution in [3.05, 3.63) is 34.1 Å². The third-order valence-electron chi connectivity index (χ3n) is 2.54. The summed E-state index contributed by atoms with van der Waals surface area (Å²) in [4.78, 5) is 20.8. The predicted molar refractivity (Wildman–Crippen MR) is 81.4 cm³/mol. The molecule has 0 aliphatic heterocycles. The zero-order valence-corrected chi connectivity index (χ0v) is 13.3. The molecule has 0 N–H and O–H groups in total. The van der Waals surface area contributed by atoms with Crippen LogP contribution in [-0.4, -0.2) is 29.2 Å². The maximum absolute atomic E-state index is 11.2. The first-order valence-electron chi connectivity index (χ1n) is 6.42. The van der Waals surface area contributed by atoms with Crippen LogP contribution >= 0.6 is 22.9 Å². The minimum atomic E-state index is -0.373. The quantitative estimate of drug-likeness (QED) is 0.602. The van der Waals surface area contributed by atoms with Crippen molar-refractivity contribution in [2.24, 2.45) is 0 Å². The molecule has 5 nitrogen and oxygen atoms in total. The second-order valence-electron chi connectivity index (χ2n) is 4.17.